The molecule has 29 heavy (non-hydrogen) atoms. The van der Waals surface area contributed by atoms with Gasteiger partial charge in [-0.05, 0) is 24.5 Å². The van der Waals surface area contributed by atoms with Crippen molar-refractivity contribution in [2.75, 3.05) is 0 Å². The predicted molar refractivity (Wildman–Crippen MR) is 109 cm³/mol. The van der Waals surface area contributed by atoms with E-state index in [1.54, 1.807) is 0 Å². The standard InChI is InChI=1S/C18H17Cl2N5O4/c1-4-8(2)10-7-13(22-23-16(10)26)29-15-11(19)5-9(6-12(15)20)14-17(27)21-18(28)25(3)24-14/h5-8H,4H2,1-3H3,(H,23,26)(H,21,27,28). The number of nitrogens with zero attached hydrogens (tertiary/aromatic N) is 3. The number of H-pyrrole nitrogens is 2. The molecule has 0 saturated heterocycles. The van der Waals surface area contributed by atoms with Gasteiger partial charge in [-0.3, -0.25) is 14.6 Å². The summed E-state index contributed by atoms with van der Waals surface area (Å²) in [6.07, 6.45) is 0.768. The number of hydrogen-bond donors (Lipinski definition) is 2. The Balaban J connectivity index is 2.02. The number of halogens is 2. The Labute approximate surface area is 174 Å². The average Bonchev–Trinajstić information content (AvgIpc) is 2.68. The Hall–Kier alpha value is -2.91. The molecule has 0 saturated carbocycles. The smallest absolute Gasteiger partial charge is 0.344 e. The van der Waals surface area contributed by atoms with Crippen LogP contribution in [0.15, 0.2) is 32.6 Å². The molecule has 1 unspecified atom stereocenters. The molecule has 11 heteroatoms. The first kappa shape index (κ1) is 20.8. The van der Waals surface area contributed by atoms with Gasteiger partial charge in [0.05, 0.1) is 10.0 Å². The molecular formula is C18H17Cl2N5O4. The van der Waals surface area contributed by atoms with Crippen LogP contribution in [0.3, 0.4) is 0 Å². The second-order valence-electron chi connectivity index (χ2n) is 6.40. The molecule has 3 aromatic rings. The van der Waals surface area contributed by atoms with Crippen LogP contribution < -0.4 is 21.5 Å². The van der Waals surface area contributed by atoms with Crippen molar-refractivity contribution < 1.29 is 4.74 Å². The van der Waals surface area contributed by atoms with Crippen LogP contribution >= 0.6 is 23.2 Å². The molecule has 0 fully saturated rings. The van der Waals surface area contributed by atoms with Crippen LogP contribution in [0.4, 0.5) is 0 Å². The van der Waals surface area contributed by atoms with E-state index in [2.05, 4.69) is 20.3 Å². The predicted octanol–water partition coefficient (Wildman–Crippen LogP) is 2.83. The third-order valence-electron chi connectivity index (χ3n) is 4.41. The largest absolute Gasteiger partial charge is 0.434 e. The van der Waals surface area contributed by atoms with Gasteiger partial charge >= 0.3 is 5.69 Å². The highest BCUT2D eigenvalue weighted by Gasteiger charge is 2.17. The lowest BCUT2D eigenvalue weighted by Crippen LogP contribution is -2.31. The Bertz CT molecular complexity index is 1220. The van der Waals surface area contributed by atoms with Gasteiger partial charge in [-0.1, -0.05) is 37.0 Å². The van der Waals surface area contributed by atoms with Crippen LogP contribution in [-0.4, -0.2) is 25.0 Å². The normalized spacial score (nSPS) is 12.0. The summed E-state index contributed by atoms with van der Waals surface area (Å²) in [6.45, 7) is 3.88. The van der Waals surface area contributed by atoms with E-state index in [9.17, 15) is 14.4 Å². The minimum absolute atomic E-state index is 0.0138. The molecule has 1 aromatic carbocycles. The third-order valence-corrected chi connectivity index (χ3v) is 4.97. The van der Waals surface area contributed by atoms with Crippen molar-refractivity contribution in [1.29, 1.82) is 0 Å². The Morgan fingerprint density at radius 3 is 2.41 bits per heavy atom. The minimum Gasteiger partial charge on any atom is -0.434 e. The average molecular weight is 438 g/mol. The molecule has 2 heterocycles. The molecule has 2 N–H and O–H groups in total. The van der Waals surface area contributed by atoms with Gasteiger partial charge in [-0.2, -0.15) is 5.10 Å². The minimum atomic E-state index is -0.672. The van der Waals surface area contributed by atoms with E-state index in [1.807, 2.05) is 13.8 Å². The molecule has 0 aliphatic rings. The lowest BCUT2D eigenvalue weighted by Gasteiger charge is -2.12. The number of hydrogen-bond acceptors (Lipinski definition) is 6. The van der Waals surface area contributed by atoms with Crippen LogP contribution in [0.25, 0.3) is 11.3 Å². The topological polar surface area (TPSA) is 123 Å². The first-order chi connectivity index (χ1) is 13.7. The van der Waals surface area contributed by atoms with Gasteiger partial charge in [0.1, 0.15) is 0 Å². The van der Waals surface area contributed by atoms with E-state index in [4.69, 9.17) is 27.9 Å². The summed E-state index contributed by atoms with van der Waals surface area (Å²) in [5.41, 5.74) is -0.796. The van der Waals surface area contributed by atoms with Crippen molar-refractivity contribution in [3.05, 3.63) is 65.0 Å². The van der Waals surface area contributed by atoms with E-state index in [1.165, 1.54) is 25.2 Å². The summed E-state index contributed by atoms with van der Waals surface area (Å²) in [6, 6.07) is 4.41. The molecule has 0 bridgehead atoms. The fourth-order valence-electron chi connectivity index (χ4n) is 2.61. The number of benzene rings is 1. The molecule has 2 aromatic heterocycles. The quantitative estimate of drug-likeness (QED) is 0.632. The van der Waals surface area contributed by atoms with Crippen LogP contribution in [0.2, 0.25) is 10.0 Å². The summed E-state index contributed by atoms with van der Waals surface area (Å²) in [5.74, 6) is 0.238. The van der Waals surface area contributed by atoms with Gasteiger partial charge in [0.2, 0.25) is 5.88 Å². The van der Waals surface area contributed by atoms with Gasteiger partial charge in [0, 0.05) is 24.2 Å². The molecule has 0 aliphatic heterocycles. The maximum absolute atomic E-state index is 12.1. The van der Waals surface area contributed by atoms with Gasteiger partial charge in [-0.25, -0.2) is 14.6 Å². The summed E-state index contributed by atoms with van der Waals surface area (Å²) < 4.78 is 6.68. The number of ether oxygens (including phenoxy) is 1. The van der Waals surface area contributed by atoms with Crippen LogP contribution in [0.5, 0.6) is 11.6 Å². The molecule has 152 valence electrons. The lowest BCUT2D eigenvalue weighted by atomic mass is 10.0. The van der Waals surface area contributed by atoms with Gasteiger partial charge < -0.3 is 4.74 Å². The summed E-state index contributed by atoms with van der Waals surface area (Å²) in [5, 5.41) is 10.4. The highest BCUT2D eigenvalue weighted by Crippen LogP contribution is 2.38. The number of nitrogens with one attached hydrogen (secondary N) is 2. The molecule has 0 spiro atoms. The summed E-state index contributed by atoms with van der Waals surface area (Å²) >= 11 is 12.6. The second-order valence-corrected chi connectivity index (χ2v) is 7.22. The summed E-state index contributed by atoms with van der Waals surface area (Å²) in [4.78, 5) is 37.6. The van der Waals surface area contributed by atoms with E-state index in [0.29, 0.717) is 11.1 Å². The maximum atomic E-state index is 12.1. The highest BCUT2D eigenvalue weighted by atomic mass is 35.5. The van der Waals surface area contributed by atoms with Crippen molar-refractivity contribution >= 4 is 23.2 Å². The molecule has 0 aliphatic carbocycles. The van der Waals surface area contributed by atoms with Crippen molar-refractivity contribution in [3.63, 3.8) is 0 Å². The molecule has 0 amide bonds. The third kappa shape index (κ3) is 4.25. The SMILES string of the molecule is CCC(C)c1cc(Oc2c(Cl)cc(-c3nn(C)c(=O)[nH]c3=O)cc2Cl)n[nH]c1=O. The molecule has 9 nitrogen and oxygen atoms in total. The van der Waals surface area contributed by atoms with E-state index < -0.39 is 11.2 Å². The van der Waals surface area contributed by atoms with E-state index in [0.717, 1.165) is 11.1 Å². The second kappa shape index (κ2) is 8.22. The number of rotatable bonds is 5. The fraction of sp³-hybridized carbons (Fsp3) is 0.278. The van der Waals surface area contributed by atoms with E-state index in [-0.39, 0.29) is 38.8 Å². The maximum Gasteiger partial charge on any atom is 0.344 e. The fourth-order valence-corrected chi connectivity index (χ4v) is 3.17. The zero-order valence-electron chi connectivity index (χ0n) is 15.7. The van der Waals surface area contributed by atoms with Gasteiger partial charge in [-0.15, -0.1) is 5.10 Å². The number of aryl methyl sites for hydroxylation is 1. The van der Waals surface area contributed by atoms with Crippen molar-refractivity contribution in [1.82, 2.24) is 25.0 Å². The zero-order chi connectivity index (χ0) is 21.3. The molecular weight excluding hydrogens is 421 g/mol. The first-order valence-corrected chi connectivity index (χ1v) is 9.41. The molecule has 3 rings (SSSR count). The first-order valence-electron chi connectivity index (χ1n) is 8.65. The Kier molecular flexibility index (Phi) is 5.90. The zero-order valence-corrected chi connectivity index (χ0v) is 17.3. The van der Waals surface area contributed by atoms with Crippen LogP contribution in [0.1, 0.15) is 31.7 Å². The van der Waals surface area contributed by atoms with Crippen LogP contribution in [0, 0.1) is 0 Å². The van der Waals surface area contributed by atoms with E-state index >= 15 is 0 Å². The van der Waals surface area contributed by atoms with Crippen molar-refractivity contribution in [2.45, 2.75) is 26.2 Å². The lowest BCUT2D eigenvalue weighted by molar-refractivity contribution is 0.452. The highest BCUT2D eigenvalue weighted by molar-refractivity contribution is 6.37. The van der Waals surface area contributed by atoms with Crippen molar-refractivity contribution in [2.24, 2.45) is 7.05 Å². The van der Waals surface area contributed by atoms with Crippen molar-refractivity contribution in [3.8, 4) is 22.9 Å². The Morgan fingerprint density at radius 2 is 1.79 bits per heavy atom. The van der Waals surface area contributed by atoms with Crippen LogP contribution in [-0.2, 0) is 7.05 Å². The monoisotopic (exact) mass is 437 g/mol. The number of aromatic nitrogens is 5. The number of aromatic amines is 2. The Morgan fingerprint density at radius 1 is 1.14 bits per heavy atom. The van der Waals surface area contributed by atoms with Gasteiger partial charge in [0.25, 0.3) is 11.1 Å². The molecule has 0 radical (unpaired) electrons. The molecule has 1 atom stereocenters. The van der Waals surface area contributed by atoms with Gasteiger partial charge in [0.15, 0.2) is 11.4 Å². The summed E-state index contributed by atoms with van der Waals surface area (Å²) in [7, 11) is 1.40.